The molecule has 1 N–H and O–H groups in total. The van der Waals surface area contributed by atoms with Gasteiger partial charge in [-0.1, -0.05) is 41.4 Å². The molecular formula is C18H13Cl2N3O3S. The number of amides is 1. The highest BCUT2D eigenvalue weighted by Gasteiger charge is 2.23. The Hall–Kier alpha value is -2.48. The molecule has 0 radical (unpaired) electrons. The van der Waals surface area contributed by atoms with Crippen LogP contribution in [0.5, 0.6) is 0 Å². The lowest BCUT2D eigenvalue weighted by Crippen LogP contribution is -2.14. The van der Waals surface area contributed by atoms with Gasteiger partial charge < -0.3 is 0 Å². The molecule has 0 saturated heterocycles. The minimum absolute atomic E-state index is 0.00232. The second-order valence-corrected chi connectivity index (χ2v) is 7.69. The Kier molecular flexibility index (Phi) is 5.74. The maximum absolute atomic E-state index is 12.5. The molecule has 1 amide bonds. The van der Waals surface area contributed by atoms with E-state index in [1.807, 2.05) is 6.07 Å². The molecular weight excluding hydrogens is 409 g/mol. The third-order valence-corrected chi connectivity index (χ3v) is 5.32. The van der Waals surface area contributed by atoms with Crippen LogP contribution in [0.3, 0.4) is 0 Å². The van der Waals surface area contributed by atoms with Gasteiger partial charge in [-0.3, -0.25) is 20.2 Å². The maximum atomic E-state index is 12.5. The average Bonchev–Trinajstić information content (AvgIpc) is 3.03. The number of hydrogen-bond donors (Lipinski definition) is 1. The maximum Gasteiger partial charge on any atom is 0.285 e. The number of nitrogens with zero attached hydrogens (tertiary/aromatic N) is 2. The molecule has 3 aromatic rings. The highest BCUT2D eigenvalue weighted by atomic mass is 35.5. The van der Waals surface area contributed by atoms with Gasteiger partial charge in [-0.25, -0.2) is 4.98 Å². The van der Waals surface area contributed by atoms with Gasteiger partial charge in [0.15, 0.2) is 5.13 Å². The number of rotatable bonds is 5. The molecule has 0 bridgehead atoms. The van der Waals surface area contributed by atoms with E-state index in [0.29, 0.717) is 27.2 Å². The third-order valence-electron chi connectivity index (χ3n) is 3.82. The fraction of sp³-hybridized carbons (Fsp3) is 0.111. The van der Waals surface area contributed by atoms with Crippen molar-refractivity contribution >= 4 is 51.3 Å². The molecule has 1 aromatic heterocycles. The van der Waals surface area contributed by atoms with Crippen molar-refractivity contribution < 1.29 is 9.72 Å². The van der Waals surface area contributed by atoms with Gasteiger partial charge in [0.05, 0.1) is 4.92 Å². The van der Waals surface area contributed by atoms with Crippen molar-refractivity contribution in [2.24, 2.45) is 0 Å². The number of para-hydroxylation sites is 1. The number of carbonyl (C=O) groups excluding carboxylic acids is 1. The van der Waals surface area contributed by atoms with Gasteiger partial charge in [0.1, 0.15) is 5.56 Å². The number of thiazole rings is 1. The Bertz CT molecular complexity index is 1040. The van der Waals surface area contributed by atoms with Crippen LogP contribution < -0.4 is 5.32 Å². The molecule has 138 valence electrons. The summed E-state index contributed by atoms with van der Waals surface area (Å²) in [5.74, 6) is -0.573. The van der Waals surface area contributed by atoms with Crippen molar-refractivity contribution in [2.45, 2.75) is 13.3 Å². The molecule has 3 rings (SSSR count). The summed E-state index contributed by atoms with van der Waals surface area (Å²) in [6.45, 7) is 1.59. The van der Waals surface area contributed by atoms with Crippen LogP contribution in [0, 0.1) is 17.0 Å². The van der Waals surface area contributed by atoms with E-state index in [1.165, 1.54) is 17.4 Å². The van der Waals surface area contributed by atoms with Crippen LogP contribution in [0.4, 0.5) is 10.8 Å². The molecule has 0 aliphatic heterocycles. The zero-order chi connectivity index (χ0) is 19.6. The lowest BCUT2D eigenvalue weighted by atomic mass is 10.1. The lowest BCUT2D eigenvalue weighted by molar-refractivity contribution is -0.385. The van der Waals surface area contributed by atoms with E-state index in [1.54, 1.807) is 37.4 Å². The Morgan fingerprint density at radius 2 is 2.07 bits per heavy atom. The summed E-state index contributed by atoms with van der Waals surface area (Å²) in [4.78, 5) is 28.2. The minimum atomic E-state index is -0.573. The van der Waals surface area contributed by atoms with E-state index in [-0.39, 0.29) is 11.3 Å². The predicted octanol–water partition coefficient (Wildman–Crippen LogP) is 5.51. The summed E-state index contributed by atoms with van der Waals surface area (Å²) in [6.07, 6.45) is 2.17. The number of benzene rings is 2. The van der Waals surface area contributed by atoms with Crippen LogP contribution in [0.25, 0.3) is 0 Å². The summed E-state index contributed by atoms with van der Waals surface area (Å²) in [7, 11) is 0. The summed E-state index contributed by atoms with van der Waals surface area (Å²) in [5, 5.41) is 15.3. The molecule has 6 nitrogen and oxygen atoms in total. The lowest BCUT2D eigenvalue weighted by Gasteiger charge is -2.05. The molecule has 0 fully saturated rings. The van der Waals surface area contributed by atoms with Gasteiger partial charge in [-0.15, -0.1) is 11.3 Å². The van der Waals surface area contributed by atoms with Gasteiger partial charge in [0.2, 0.25) is 0 Å². The average molecular weight is 422 g/mol. The van der Waals surface area contributed by atoms with Crippen molar-refractivity contribution in [3.05, 3.63) is 84.3 Å². The number of nitro benzene ring substituents is 1. The highest BCUT2D eigenvalue weighted by Crippen LogP contribution is 2.28. The van der Waals surface area contributed by atoms with Gasteiger partial charge in [0, 0.05) is 33.1 Å². The Morgan fingerprint density at radius 3 is 2.78 bits per heavy atom. The third kappa shape index (κ3) is 4.44. The Labute approximate surface area is 168 Å². The molecule has 0 unspecified atom stereocenters. The first-order chi connectivity index (χ1) is 12.8. The second-order valence-electron chi connectivity index (χ2n) is 5.73. The molecule has 0 aliphatic rings. The smallest absolute Gasteiger partial charge is 0.285 e. The summed E-state index contributed by atoms with van der Waals surface area (Å²) in [6, 6.07) is 9.86. The van der Waals surface area contributed by atoms with Crippen molar-refractivity contribution in [1.29, 1.82) is 0 Å². The van der Waals surface area contributed by atoms with Gasteiger partial charge in [-0.2, -0.15) is 0 Å². The quantitative estimate of drug-likeness (QED) is 0.434. The Balaban J connectivity index is 1.77. The summed E-state index contributed by atoms with van der Waals surface area (Å²) < 4.78 is 0. The van der Waals surface area contributed by atoms with Gasteiger partial charge in [-0.05, 0) is 30.7 Å². The van der Waals surface area contributed by atoms with Crippen LogP contribution >= 0.6 is 34.5 Å². The number of anilines is 1. The van der Waals surface area contributed by atoms with Crippen LogP contribution in [-0.4, -0.2) is 15.8 Å². The van der Waals surface area contributed by atoms with E-state index in [9.17, 15) is 14.9 Å². The molecule has 1 heterocycles. The van der Waals surface area contributed by atoms with Crippen molar-refractivity contribution in [2.75, 3.05) is 5.32 Å². The fourth-order valence-corrected chi connectivity index (χ4v) is 3.85. The summed E-state index contributed by atoms with van der Waals surface area (Å²) in [5.41, 5.74) is 1.10. The molecule has 0 saturated carbocycles. The SMILES string of the molecule is Cc1cccc(C(=O)Nc2ncc(Cc3ccc(Cl)cc3Cl)s2)c1[N+](=O)[O-]. The van der Waals surface area contributed by atoms with Crippen molar-refractivity contribution in [3.8, 4) is 0 Å². The first kappa shape index (κ1) is 19.3. The zero-order valence-corrected chi connectivity index (χ0v) is 16.4. The summed E-state index contributed by atoms with van der Waals surface area (Å²) >= 11 is 13.4. The number of nitrogens with one attached hydrogen (secondary N) is 1. The van der Waals surface area contributed by atoms with Crippen LogP contribution in [0.2, 0.25) is 10.0 Å². The van der Waals surface area contributed by atoms with Crippen LogP contribution in [0.15, 0.2) is 42.6 Å². The fourth-order valence-electron chi connectivity index (χ4n) is 2.55. The first-order valence-electron chi connectivity index (χ1n) is 7.79. The Morgan fingerprint density at radius 1 is 1.30 bits per heavy atom. The largest absolute Gasteiger partial charge is 0.298 e. The van der Waals surface area contributed by atoms with E-state index >= 15 is 0 Å². The standard InChI is InChI=1S/C18H13Cl2N3O3S/c1-10-3-2-4-14(16(10)23(25)26)17(24)22-18-21-9-13(27-18)7-11-5-6-12(19)8-15(11)20/h2-6,8-9H,7H2,1H3,(H,21,22,24). The van der Waals surface area contributed by atoms with Gasteiger partial charge >= 0.3 is 0 Å². The van der Waals surface area contributed by atoms with Crippen molar-refractivity contribution in [1.82, 2.24) is 4.98 Å². The number of nitro groups is 1. The predicted molar refractivity (Wildman–Crippen MR) is 107 cm³/mol. The second kappa shape index (κ2) is 8.04. The first-order valence-corrected chi connectivity index (χ1v) is 9.36. The molecule has 2 aromatic carbocycles. The van der Waals surface area contributed by atoms with E-state index in [4.69, 9.17) is 23.2 Å². The molecule has 0 spiro atoms. The highest BCUT2D eigenvalue weighted by molar-refractivity contribution is 7.15. The van der Waals surface area contributed by atoms with Crippen LogP contribution in [0.1, 0.15) is 26.4 Å². The van der Waals surface area contributed by atoms with E-state index in [2.05, 4.69) is 10.3 Å². The molecule has 27 heavy (non-hydrogen) atoms. The number of halogens is 2. The number of hydrogen-bond acceptors (Lipinski definition) is 5. The van der Waals surface area contributed by atoms with E-state index < -0.39 is 10.8 Å². The minimum Gasteiger partial charge on any atom is -0.298 e. The number of carbonyl (C=O) groups is 1. The van der Waals surface area contributed by atoms with E-state index in [0.717, 1.165) is 10.4 Å². The molecule has 0 atom stereocenters. The topological polar surface area (TPSA) is 85.1 Å². The van der Waals surface area contributed by atoms with Crippen molar-refractivity contribution in [3.63, 3.8) is 0 Å². The zero-order valence-electron chi connectivity index (χ0n) is 14.0. The molecule has 0 aliphatic carbocycles. The number of aromatic nitrogens is 1. The van der Waals surface area contributed by atoms with Crippen LogP contribution in [-0.2, 0) is 6.42 Å². The molecule has 9 heteroatoms. The monoisotopic (exact) mass is 421 g/mol. The van der Waals surface area contributed by atoms with Gasteiger partial charge in [0.25, 0.3) is 11.6 Å². The number of aryl methyl sites for hydroxylation is 1. The normalized spacial score (nSPS) is 10.6.